The monoisotopic (exact) mass is 445 g/mol. The van der Waals surface area contributed by atoms with Crippen molar-refractivity contribution in [2.75, 3.05) is 24.5 Å². The second-order valence-corrected chi connectivity index (χ2v) is 9.57. The summed E-state index contributed by atoms with van der Waals surface area (Å²) in [5.74, 6) is 1.34. The number of carbonyl (C=O) groups excluding carboxylic acids is 1. The number of nitriles is 1. The molecule has 7 nitrogen and oxygen atoms in total. The molecule has 1 saturated heterocycles. The number of ether oxygens (including phenoxy) is 1. The topological polar surface area (TPSA) is 83.2 Å². The summed E-state index contributed by atoms with van der Waals surface area (Å²) < 4.78 is 7.56. The number of alkyl carbamates (subject to hydrolysis) is 1. The number of hydrogen-bond acceptors (Lipinski definition) is 5. The molecule has 2 aromatic carbocycles. The molecule has 0 aliphatic carbocycles. The quantitative estimate of drug-likeness (QED) is 0.616. The predicted octanol–water partition coefficient (Wildman–Crippen LogP) is 4.70. The molecule has 1 fully saturated rings. The highest BCUT2D eigenvalue weighted by Crippen LogP contribution is 2.28. The van der Waals surface area contributed by atoms with Crippen molar-refractivity contribution < 1.29 is 9.53 Å². The zero-order valence-electron chi connectivity index (χ0n) is 19.5. The normalized spacial score (nSPS) is 14.8. The second kappa shape index (κ2) is 9.53. The van der Waals surface area contributed by atoms with Crippen LogP contribution in [0.25, 0.3) is 11.0 Å². The lowest BCUT2D eigenvalue weighted by molar-refractivity contribution is 0.0516. The number of benzene rings is 2. The number of carbonyl (C=O) groups is 1. The van der Waals surface area contributed by atoms with Crippen molar-refractivity contribution in [1.82, 2.24) is 14.9 Å². The Bertz CT molecular complexity index is 1160. The van der Waals surface area contributed by atoms with Gasteiger partial charge in [-0.05, 0) is 63.3 Å². The summed E-state index contributed by atoms with van der Waals surface area (Å²) in [4.78, 5) is 19.2. The van der Waals surface area contributed by atoms with Crippen LogP contribution in [0.5, 0.6) is 0 Å². The average Bonchev–Trinajstić information content (AvgIpc) is 3.16. The van der Waals surface area contributed by atoms with E-state index >= 15 is 0 Å². The highest BCUT2D eigenvalue weighted by atomic mass is 16.6. The van der Waals surface area contributed by atoms with E-state index in [1.165, 1.54) is 0 Å². The standard InChI is InChI=1S/C26H31N5O2/c1-26(2,3)33-25(32)28-17-19-12-14-30(15-13-19)24-29-22-10-6-7-11-23(22)31(24)18-21-9-5-4-8-20(21)16-27/h4-11,19H,12-15,17-18H2,1-3H3,(H,28,32). The lowest BCUT2D eigenvalue weighted by Crippen LogP contribution is -2.41. The van der Waals surface area contributed by atoms with Gasteiger partial charge in [0.15, 0.2) is 0 Å². The molecule has 33 heavy (non-hydrogen) atoms. The van der Waals surface area contributed by atoms with Crippen LogP contribution in [0.1, 0.15) is 44.7 Å². The maximum Gasteiger partial charge on any atom is 0.407 e. The fourth-order valence-electron chi connectivity index (χ4n) is 4.28. The number of nitrogens with one attached hydrogen (secondary N) is 1. The molecule has 2 heterocycles. The molecule has 0 bridgehead atoms. The van der Waals surface area contributed by atoms with Gasteiger partial charge in [-0.3, -0.25) is 0 Å². The molecule has 1 amide bonds. The average molecular weight is 446 g/mol. The van der Waals surface area contributed by atoms with E-state index in [0.717, 1.165) is 48.5 Å². The van der Waals surface area contributed by atoms with Crippen molar-refractivity contribution in [3.8, 4) is 6.07 Å². The number of amides is 1. The first-order chi connectivity index (χ1) is 15.8. The van der Waals surface area contributed by atoms with Crippen LogP contribution in [0.4, 0.5) is 10.7 Å². The molecule has 0 radical (unpaired) electrons. The summed E-state index contributed by atoms with van der Waals surface area (Å²) in [7, 11) is 0. The highest BCUT2D eigenvalue weighted by molar-refractivity contribution is 5.79. The molecule has 0 saturated carbocycles. The zero-order valence-corrected chi connectivity index (χ0v) is 19.5. The maximum atomic E-state index is 12.0. The minimum absolute atomic E-state index is 0.358. The molecule has 3 aromatic rings. The van der Waals surface area contributed by atoms with Crippen LogP contribution in [0.3, 0.4) is 0 Å². The van der Waals surface area contributed by atoms with Gasteiger partial charge in [0.05, 0.1) is 29.2 Å². The number of nitrogens with zero attached hydrogens (tertiary/aromatic N) is 4. The predicted molar refractivity (Wildman–Crippen MR) is 129 cm³/mol. The largest absolute Gasteiger partial charge is 0.444 e. The number of hydrogen-bond donors (Lipinski definition) is 1. The minimum Gasteiger partial charge on any atom is -0.444 e. The molecule has 1 aromatic heterocycles. The molecule has 0 unspecified atom stereocenters. The van der Waals surface area contributed by atoms with E-state index in [2.05, 4.69) is 26.9 Å². The molecule has 1 aliphatic heterocycles. The Hall–Kier alpha value is -3.53. The van der Waals surface area contributed by atoms with Gasteiger partial charge in [0.25, 0.3) is 0 Å². The van der Waals surface area contributed by atoms with Crippen LogP contribution in [0, 0.1) is 17.2 Å². The molecule has 1 aliphatic rings. The van der Waals surface area contributed by atoms with Crippen molar-refractivity contribution in [3.05, 3.63) is 59.7 Å². The third-order valence-corrected chi connectivity index (χ3v) is 5.93. The summed E-state index contributed by atoms with van der Waals surface area (Å²) >= 11 is 0. The van der Waals surface area contributed by atoms with Gasteiger partial charge >= 0.3 is 6.09 Å². The van der Waals surface area contributed by atoms with Crippen molar-refractivity contribution in [3.63, 3.8) is 0 Å². The molecule has 172 valence electrons. The summed E-state index contributed by atoms with van der Waals surface area (Å²) in [5, 5.41) is 12.4. The summed E-state index contributed by atoms with van der Waals surface area (Å²) in [6.45, 7) is 8.55. The van der Waals surface area contributed by atoms with Crippen LogP contribution in [0.2, 0.25) is 0 Å². The lowest BCUT2D eigenvalue weighted by Gasteiger charge is -2.33. The molecule has 0 spiro atoms. The van der Waals surface area contributed by atoms with Crippen molar-refractivity contribution in [2.45, 2.75) is 45.8 Å². The van der Waals surface area contributed by atoms with Gasteiger partial charge in [0, 0.05) is 19.6 Å². The van der Waals surface area contributed by atoms with Crippen LogP contribution in [0.15, 0.2) is 48.5 Å². The molecule has 0 atom stereocenters. The van der Waals surface area contributed by atoms with Crippen LogP contribution in [-0.2, 0) is 11.3 Å². The van der Waals surface area contributed by atoms with Crippen LogP contribution < -0.4 is 10.2 Å². The van der Waals surface area contributed by atoms with Crippen molar-refractivity contribution in [1.29, 1.82) is 5.26 Å². The Labute approximate surface area is 195 Å². The first-order valence-corrected chi connectivity index (χ1v) is 11.5. The second-order valence-electron chi connectivity index (χ2n) is 9.57. The summed E-state index contributed by atoms with van der Waals surface area (Å²) in [5.41, 5.74) is 3.20. The fraction of sp³-hybridized carbons (Fsp3) is 0.423. The van der Waals surface area contributed by atoms with Gasteiger partial charge in [-0.1, -0.05) is 30.3 Å². The minimum atomic E-state index is -0.489. The third kappa shape index (κ3) is 5.46. The number of piperidine rings is 1. The smallest absolute Gasteiger partial charge is 0.407 e. The van der Waals surface area contributed by atoms with Gasteiger partial charge in [-0.15, -0.1) is 0 Å². The van der Waals surface area contributed by atoms with E-state index in [-0.39, 0.29) is 6.09 Å². The van der Waals surface area contributed by atoms with E-state index in [4.69, 9.17) is 9.72 Å². The van der Waals surface area contributed by atoms with E-state index in [1.54, 1.807) is 0 Å². The number of fused-ring (bicyclic) bond motifs is 1. The first-order valence-electron chi connectivity index (χ1n) is 11.5. The van der Waals surface area contributed by atoms with Crippen LogP contribution in [-0.4, -0.2) is 40.9 Å². The Morgan fingerprint density at radius 1 is 1.15 bits per heavy atom. The zero-order chi connectivity index (χ0) is 23.4. The van der Waals surface area contributed by atoms with E-state index in [1.807, 2.05) is 63.2 Å². The number of anilines is 1. The number of rotatable bonds is 5. The Kier molecular flexibility index (Phi) is 6.55. The number of para-hydroxylation sites is 2. The van der Waals surface area contributed by atoms with Gasteiger partial charge in [-0.2, -0.15) is 5.26 Å². The van der Waals surface area contributed by atoms with Crippen molar-refractivity contribution >= 4 is 23.1 Å². The third-order valence-electron chi connectivity index (χ3n) is 5.93. The lowest BCUT2D eigenvalue weighted by atomic mass is 9.97. The Balaban J connectivity index is 1.48. The van der Waals surface area contributed by atoms with Crippen molar-refractivity contribution in [2.24, 2.45) is 5.92 Å². The van der Waals surface area contributed by atoms with Gasteiger partial charge in [-0.25, -0.2) is 9.78 Å². The molecular formula is C26H31N5O2. The Morgan fingerprint density at radius 2 is 1.85 bits per heavy atom. The highest BCUT2D eigenvalue weighted by Gasteiger charge is 2.25. The molecule has 7 heteroatoms. The SMILES string of the molecule is CC(C)(C)OC(=O)NCC1CCN(c2nc3ccccc3n2Cc2ccccc2C#N)CC1. The fourth-order valence-corrected chi connectivity index (χ4v) is 4.28. The van der Waals surface area contributed by atoms with E-state index < -0.39 is 5.60 Å². The Morgan fingerprint density at radius 3 is 2.58 bits per heavy atom. The number of aromatic nitrogens is 2. The van der Waals surface area contributed by atoms with Gasteiger partial charge in [0.1, 0.15) is 5.60 Å². The van der Waals surface area contributed by atoms with E-state index in [9.17, 15) is 10.1 Å². The van der Waals surface area contributed by atoms with Gasteiger partial charge < -0.3 is 19.5 Å². The van der Waals surface area contributed by atoms with E-state index in [0.29, 0.717) is 24.6 Å². The summed E-state index contributed by atoms with van der Waals surface area (Å²) in [6.07, 6.45) is 1.57. The molecule has 4 rings (SSSR count). The van der Waals surface area contributed by atoms with Crippen LogP contribution >= 0.6 is 0 Å². The maximum absolute atomic E-state index is 12.0. The number of imidazole rings is 1. The van der Waals surface area contributed by atoms with Gasteiger partial charge in [0.2, 0.25) is 5.95 Å². The molecule has 1 N–H and O–H groups in total. The summed E-state index contributed by atoms with van der Waals surface area (Å²) in [6, 6.07) is 18.2. The molecular weight excluding hydrogens is 414 g/mol. The first kappa shape index (κ1) is 22.7.